The molecule has 0 unspecified atom stereocenters. The molecule has 1 heterocycles. The van der Waals surface area contributed by atoms with E-state index in [9.17, 15) is 8.42 Å². The van der Waals surface area contributed by atoms with Crippen molar-refractivity contribution in [3.63, 3.8) is 0 Å². The topological polar surface area (TPSA) is 70.6 Å². The summed E-state index contributed by atoms with van der Waals surface area (Å²) in [5.41, 5.74) is 0.0931. The number of rotatable bonds is 0. The van der Waals surface area contributed by atoms with Crippen LogP contribution in [0, 0.1) is 0 Å². The third-order valence-electron chi connectivity index (χ3n) is 2.16. The van der Waals surface area contributed by atoms with Crippen molar-refractivity contribution in [2.45, 2.75) is 31.2 Å². The smallest absolute Gasteiger partial charge is 0.266 e. The maximum absolute atomic E-state index is 12.0. The lowest BCUT2D eigenvalue weighted by molar-refractivity contribution is 0.576. The molecule has 18 heavy (non-hydrogen) atoms. The number of guanidine groups is 1. The molecule has 0 saturated heterocycles. The highest BCUT2D eigenvalue weighted by Gasteiger charge is 2.27. The van der Waals surface area contributed by atoms with Crippen molar-refractivity contribution in [1.29, 1.82) is 0 Å². The second-order valence-electron chi connectivity index (χ2n) is 5.00. The van der Waals surface area contributed by atoms with Gasteiger partial charge in [-0.15, -0.1) is 0 Å². The molecule has 7 heteroatoms. The highest BCUT2D eigenvalue weighted by molar-refractivity contribution is 7.90. The lowest BCUT2D eigenvalue weighted by Crippen LogP contribution is -2.42. The summed E-state index contributed by atoms with van der Waals surface area (Å²) in [6, 6.07) is 4.65. The monoisotopic (exact) mass is 287 g/mol. The van der Waals surface area contributed by atoms with Crippen LogP contribution in [0.3, 0.4) is 0 Å². The van der Waals surface area contributed by atoms with E-state index in [4.69, 9.17) is 11.6 Å². The van der Waals surface area contributed by atoms with E-state index in [-0.39, 0.29) is 16.4 Å². The fraction of sp³-hybridized carbons (Fsp3) is 0.364. The quantitative estimate of drug-likeness (QED) is 0.768. The molecule has 0 saturated carbocycles. The average Bonchev–Trinajstić information content (AvgIpc) is 2.16. The standard InChI is InChI=1S/C11H14ClN3O2S/c1-11(2,3)14-10-13-8-5-4-7(12)6-9(8)18(16,17)15-10/h4-6H,1-3H3,(H2,13,14,15). The molecule has 0 bridgehead atoms. The van der Waals surface area contributed by atoms with Gasteiger partial charge in [0.25, 0.3) is 10.0 Å². The van der Waals surface area contributed by atoms with Gasteiger partial charge in [-0.2, -0.15) is 0 Å². The van der Waals surface area contributed by atoms with Crippen molar-refractivity contribution < 1.29 is 8.42 Å². The van der Waals surface area contributed by atoms with Gasteiger partial charge in [-0.3, -0.25) is 0 Å². The highest BCUT2D eigenvalue weighted by atomic mass is 35.5. The van der Waals surface area contributed by atoms with Gasteiger partial charge in [-0.05, 0) is 39.0 Å². The second kappa shape index (κ2) is 4.13. The van der Waals surface area contributed by atoms with Gasteiger partial charge >= 0.3 is 0 Å². The van der Waals surface area contributed by atoms with Gasteiger partial charge < -0.3 is 5.32 Å². The highest BCUT2D eigenvalue weighted by Crippen LogP contribution is 2.28. The van der Waals surface area contributed by atoms with E-state index in [2.05, 4.69) is 15.0 Å². The summed E-state index contributed by atoms with van der Waals surface area (Å²) in [5, 5.41) is 3.31. The summed E-state index contributed by atoms with van der Waals surface area (Å²) in [5.74, 6) is 0.220. The summed E-state index contributed by atoms with van der Waals surface area (Å²) in [4.78, 5) is 4.40. The summed E-state index contributed by atoms with van der Waals surface area (Å²) in [6.45, 7) is 5.65. The van der Waals surface area contributed by atoms with Crippen LogP contribution in [-0.2, 0) is 10.0 Å². The van der Waals surface area contributed by atoms with Crippen molar-refractivity contribution in [2.24, 2.45) is 4.99 Å². The summed E-state index contributed by atoms with van der Waals surface area (Å²) < 4.78 is 26.4. The predicted octanol–water partition coefficient (Wildman–Crippen LogP) is 2.20. The zero-order chi connectivity index (χ0) is 13.6. The molecule has 1 aromatic rings. The minimum absolute atomic E-state index is 0.128. The Kier molecular flexibility index (Phi) is 3.03. The molecule has 0 amide bonds. The van der Waals surface area contributed by atoms with E-state index in [1.165, 1.54) is 6.07 Å². The molecule has 98 valence electrons. The molecule has 0 aromatic heterocycles. The van der Waals surface area contributed by atoms with Gasteiger partial charge in [0.05, 0.1) is 11.2 Å². The number of nitrogens with zero attached hydrogens (tertiary/aromatic N) is 1. The Morgan fingerprint density at radius 2 is 1.94 bits per heavy atom. The van der Waals surface area contributed by atoms with E-state index < -0.39 is 10.0 Å². The molecule has 5 nitrogen and oxygen atoms in total. The largest absolute Gasteiger partial charge is 0.324 e. The number of aliphatic imine (C=N–C) groups is 1. The number of sulfonamides is 1. The third-order valence-corrected chi connectivity index (χ3v) is 3.78. The Morgan fingerprint density at radius 3 is 2.56 bits per heavy atom. The Morgan fingerprint density at radius 1 is 1.28 bits per heavy atom. The van der Waals surface area contributed by atoms with Crippen molar-refractivity contribution in [3.05, 3.63) is 23.2 Å². The number of anilines is 1. The zero-order valence-electron chi connectivity index (χ0n) is 10.3. The van der Waals surface area contributed by atoms with Crippen LogP contribution in [0.25, 0.3) is 0 Å². The van der Waals surface area contributed by atoms with Gasteiger partial charge in [0.2, 0.25) is 5.96 Å². The maximum atomic E-state index is 12.0. The first-order valence-electron chi connectivity index (χ1n) is 5.37. The van der Waals surface area contributed by atoms with Gasteiger partial charge in [-0.25, -0.2) is 18.1 Å². The van der Waals surface area contributed by atoms with E-state index in [1.54, 1.807) is 12.1 Å². The number of hydrogen-bond acceptors (Lipinski definition) is 3. The molecule has 0 spiro atoms. The van der Waals surface area contributed by atoms with E-state index in [0.717, 1.165) is 0 Å². The van der Waals surface area contributed by atoms with Crippen molar-refractivity contribution in [1.82, 2.24) is 4.72 Å². The van der Waals surface area contributed by atoms with Gasteiger partial charge in [0, 0.05) is 5.02 Å². The molecule has 2 rings (SSSR count). The predicted molar refractivity (Wildman–Crippen MR) is 72.6 cm³/mol. The molecule has 1 aliphatic heterocycles. The van der Waals surface area contributed by atoms with Crippen LogP contribution in [0.4, 0.5) is 5.69 Å². The molecule has 0 radical (unpaired) electrons. The lowest BCUT2D eigenvalue weighted by atomic mass is 10.1. The molecule has 2 N–H and O–H groups in total. The van der Waals surface area contributed by atoms with Crippen LogP contribution >= 0.6 is 11.6 Å². The van der Waals surface area contributed by atoms with Crippen LogP contribution in [-0.4, -0.2) is 19.9 Å². The van der Waals surface area contributed by atoms with Crippen LogP contribution in [0.5, 0.6) is 0 Å². The van der Waals surface area contributed by atoms with Crippen LogP contribution < -0.4 is 10.0 Å². The van der Waals surface area contributed by atoms with Crippen LogP contribution in [0.15, 0.2) is 28.1 Å². The van der Waals surface area contributed by atoms with Gasteiger partial charge in [-0.1, -0.05) is 11.6 Å². The average molecular weight is 288 g/mol. The van der Waals surface area contributed by atoms with Crippen molar-refractivity contribution >= 4 is 33.3 Å². The Bertz CT molecular complexity index is 618. The number of benzene rings is 1. The molecule has 0 atom stereocenters. The minimum atomic E-state index is -3.61. The summed E-state index contributed by atoms with van der Waals surface area (Å²) in [6.07, 6.45) is 0. The van der Waals surface area contributed by atoms with Crippen LogP contribution in [0.1, 0.15) is 20.8 Å². The summed E-state index contributed by atoms with van der Waals surface area (Å²) in [7, 11) is -3.61. The Labute approximate surface area is 111 Å². The normalized spacial score (nSPS) is 19.9. The second-order valence-corrected chi connectivity index (χ2v) is 7.09. The van der Waals surface area contributed by atoms with Crippen molar-refractivity contribution in [3.8, 4) is 0 Å². The first-order chi connectivity index (χ1) is 8.17. The molecular formula is C11H14ClN3O2S. The molecule has 0 fully saturated rings. The van der Waals surface area contributed by atoms with E-state index in [1.807, 2.05) is 20.8 Å². The lowest BCUT2D eigenvalue weighted by Gasteiger charge is -2.24. The Hall–Kier alpha value is -1.27. The Balaban J connectivity index is 2.52. The van der Waals surface area contributed by atoms with Gasteiger partial charge in [0.15, 0.2) is 0 Å². The zero-order valence-corrected chi connectivity index (χ0v) is 11.9. The fourth-order valence-corrected chi connectivity index (χ4v) is 2.93. The minimum Gasteiger partial charge on any atom is -0.324 e. The first-order valence-corrected chi connectivity index (χ1v) is 7.23. The molecule has 0 aliphatic carbocycles. The van der Waals surface area contributed by atoms with E-state index in [0.29, 0.717) is 10.7 Å². The van der Waals surface area contributed by atoms with E-state index >= 15 is 0 Å². The summed E-state index contributed by atoms with van der Waals surface area (Å²) >= 11 is 5.80. The molecular weight excluding hydrogens is 274 g/mol. The number of nitrogens with one attached hydrogen (secondary N) is 2. The number of hydrogen-bond donors (Lipinski definition) is 2. The third kappa shape index (κ3) is 2.76. The number of fused-ring (bicyclic) bond motifs is 1. The van der Waals surface area contributed by atoms with Gasteiger partial charge in [0.1, 0.15) is 4.90 Å². The van der Waals surface area contributed by atoms with Crippen molar-refractivity contribution in [2.75, 3.05) is 5.32 Å². The molecule has 1 aliphatic rings. The first kappa shape index (κ1) is 13.2. The SMILES string of the molecule is CC(C)(C)N=C1Nc2ccc(Cl)cc2S(=O)(=O)N1. The van der Waals surface area contributed by atoms with Crippen LogP contribution in [0.2, 0.25) is 5.02 Å². The molecule has 1 aromatic carbocycles. The fourth-order valence-electron chi connectivity index (χ4n) is 1.54. The maximum Gasteiger partial charge on any atom is 0.266 e. The number of halogens is 1.